The number of hydrogen-bond acceptors (Lipinski definition) is 3. The summed E-state index contributed by atoms with van der Waals surface area (Å²) in [7, 11) is 0. The van der Waals surface area contributed by atoms with Crippen LogP contribution in [-0.4, -0.2) is 11.8 Å². The Morgan fingerprint density at radius 2 is 2.07 bits per heavy atom. The molecule has 5 nitrogen and oxygen atoms in total. The summed E-state index contributed by atoms with van der Waals surface area (Å²) in [4.78, 5) is 23.8. The second-order valence-electron chi connectivity index (χ2n) is 6.53. The summed E-state index contributed by atoms with van der Waals surface area (Å²) in [5.41, 5.74) is 4.33. The van der Waals surface area contributed by atoms with Crippen molar-refractivity contribution in [3.63, 3.8) is 0 Å². The average Bonchev–Trinajstić information content (AvgIpc) is 3.04. The standard InChI is InChI=1S/C22H20N2O3/c1-2-19-17(16-5-3-4-6-20(16)27-19)9-12-21(25)23-15-8-10-18-14(13-15)7-11-22(26)24-18/h3-6,8-10,12-13H,2,7,11H2,1H3,(H,23,25)(H,24,26)/b12-9+. The minimum Gasteiger partial charge on any atom is -0.460 e. The zero-order valence-corrected chi connectivity index (χ0v) is 15.0. The molecule has 2 heterocycles. The summed E-state index contributed by atoms with van der Waals surface area (Å²) in [6.07, 6.45) is 5.24. The largest absolute Gasteiger partial charge is 0.460 e. The van der Waals surface area contributed by atoms with E-state index in [1.54, 1.807) is 12.1 Å². The highest BCUT2D eigenvalue weighted by Crippen LogP contribution is 2.28. The lowest BCUT2D eigenvalue weighted by molar-refractivity contribution is -0.116. The lowest BCUT2D eigenvalue weighted by atomic mass is 10.0. The number of carbonyl (C=O) groups excluding carboxylic acids is 2. The fourth-order valence-electron chi connectivity index (χ4n) is 3.37. The van der Waals surface area contributed by atoms with Gasteiger partial charge in [-0.3, -0.25) is 9.59 Å². The van der Waals surface area contributed by atoms with Crippen LogP contribution >= 0.6 is 0 Å². The molecule has 2 N–H and O–H groups in total. The van der Waals surface area contributed by atoms with Gasteiger partial charge in [0.25, 0.3) is 0 Å². The number of aryl methyl sites for hydroxylation is 2. The molecule has 2 amide bonds. The van der Waals surface area contributed by atoms with Gasteiger partial charge in [-0.15, -0.1) is 0 Å². The molecule has 0 aliphatic carbocycles. The molecule has 0 saturated heterocycles. The molecule has 4 rings (SSSR count). The van der Waals surface area contributed by atoms with Crippen molar-refractivity contribution < 1.29 is 14.0 Å². The van der Waals surface area contributed by atoms with E-state index in [1.165, 1.54) is 6.08 Å². The van der Waals surface area contributed by atoms with Gasteiger partial charge in [0.05, 0.1) is 0 Å². The zero-order chi connectivity index (χ0) is 18.8. The number of furan rings is 1. The van der Waals surface area contributed by atoms with Crippen LogP contribution in [0.5, 0.6) is 0 Å². The molecule has 0 bridgehead atoms. The van der Waals surface area contributed by atoms with Crippen LogP contribution in [-0.2, 0) is 22.4 Å². The lowest BCUT2D eigenvalue weighted by Gasteiger charge is -2.17. The zero-order valence-electron chi connectivity index (χ0n) is 15.0. The molecule has 1 aliphatic rings. The molecule has 5 heteroatoms. The van der Waals surface area contributed by atoms with E-state index < -0.39 is 0 Å². The maximum absolute atomic E-state index is 12.4. The van der Waals surface area contributed by atoms with Crippen molar-refractivity contribution in [2.45, 2.75) is 26.2 Å². The maximum Gasteiger partial charge on any atom is 0.248 e. The molecule has 0 radical (unpaired) electrons. The number of carbonyl (C=O) groups is 2. The van der Waals surface area contributed by atoms with Gasteiger partial charge in [0, 0.05) is 41.2 Å². The van der Waals surface area contributed by atoms with Crippen molar-refractivity contribution in [2.75, 3.05) is 10.6 Å². The number of nitrogens with one attached hydrogen (secondary N) is 2. The van der Waals surface area contributed by atoms with E-state index in [1.807, 2.05) is 43.3 Å². The van der Waals surface area contributed by atoms with Crippen LogP contribution in [0.1, 0.15) is 30.2 Å². The van der Waals surface area contributed by atoms with Crippen LogP contribution in [0.3, 0.4) is 0 Å². The Hall–Kier alpha value is -3.34. The van der Waals surface area contributed by atoms with E-state index >= 15 is 0 Å². The van der Waals surface area contributed by atoms with Crippen LogP contribution in [0, 0.1) is 0 Å². The lowest BCUT2D eigenvalue weighted by Crippen LogP contribution is -2.19. The number of benzene rings is 2. The Morgan fingerprint density at radius 3 is 2.93 bits per heavy atom. The molecule has 1 aliphatic heterocycles. The fraction of sp³-hybridized carbons (Fsp3) is 0.182. The third kappa shape index (κ3) is 3.49. The average molecular weight is 360 g/mol. The molecule has 0 spiro atoms. The first kappa shape index (κ1) is 17.1. The van der Waals surface area contributed by atoms with Gasteiger partial charge in [-0.2, -0.15) is 0 Å². The Balaban J connectivity index is 1.52. The number of amides is 2. The highest BCUT2D eigenvalue weighted by atomic mass is 16.3. The Bertz CT molecular complexity index is 1060. The molecular formula is C22H20N2O3. The van der Waals surface area contributed by atoms with Crippen molar-refractivity contribution >= 4 is 40.2 Å². The van der Waals surface area contributed by atoms with Gasteiger partial charge < -0.3 is 15.1 Å². The van der Waals surface area contributed by atoms with E-state index in [4.69, 9.17) is 4.42 Å². The van der Waals surface area contributed by atoms with Gasteiger partial charge in [-0.1, -0.05) is 25.1 Å². The molecule has 1 aromatic heterocycles. The van der Waals surface area contributed by atoms with E-state index in [-0.39, 0.29) is 11.8 Å². The predicted molar refractivity (Wildman–Crippen MR) is 107 cm³/mol. The number of anilines is 2. The fourth-order valence-corrected chi connectivity index (χ4v) is 3.37. The molecular weight excluding hydrogens is 340 g/mol. The number of rotatable bonds is 4. The van der Waals surface area contributed by atoms with E-state index in [0.717, 1.165) is 40.0 Å². The van der Waals surface area contributed by atoms with Crippen molar-refractivity contribution in [3.05, 3.63) is 65.4 Å². The number of fused-ring (bicyclic) bond motifs is 2. The first-order chi connectivity index (χ1) is 13.1. The van der Waals surface area contributed by atoms with Crippen LogP contribution < -0.4 is 10.6 Å². The van der Waals surface area contributed by atoms with Crippen molar-refractivity contribution in [2.24, 2.45) is 0 Å². The normalized spacial score (nSPS) is 13.6. The number of para-hydroxylation sites is 1. The molecule has 0 fully saturated rings. The van der Waals surface area contributed by atoms with Crippen LogP contribution in [0.25, 0.3) is 17.0 Å². The van der Waals surface area contributed by atoms with Crippen LogP contribution in [0.4, 0.5) is 11.4 Å². The van der Waals surface area contributed by atoms with E-state index in [9.17, 15) is 9.59 Å². The molecule has 0 unspecified atom stereocenters. The van der Waals surface area contributed by atoms with Gasteiger partial charge in [-0.05, 0) is 42.3 Å². The molecule has 0 saturated carbocycles. The summed E-state index contributed by atoms with van der Waals surface area (Å²) in [5, 5.41) is 6.72. The molecule has 0 atom stereocenters. The Kier molecular flexibility index (Phi) is 4.50. The van der Waals surface area contributed by atoms with Crippen LogP contribution in [0.2, 0.25) is 0 Å². The quantitative estimate of drug-likeness (QED) is 0.672. The Labute approximate surface area is 157 Å². The molecule has 2 aromatic carbocycles. The summed E-state index contributed by atoms with van der Waals surface area (Å²) >= 11 is 0. The molecule has 136 valence electrons. The summed E-state index contributed by atoms with van der Waals surface area (Å²) in [6, 6.07) is 13.3. The first-order valence-corrected chi connectivity index (χ1v) is 9.06. The monoisotopic (exact) mass is 360 g/mol. The topological polar surface area (TPSA) is 71.3 Å². The SMILES string of the molecule is CCc1oc2ccccc2c1/C=C/C(=O)Nc1ccc2c(c1)CCC(=O)N2. The number of hydrogen-bond donors (Lipinski definition) is 2. The maximum atomic E-state index is 12.4. The first-order valence-electron chi connectivity index (χ1n) is 9.06. The molecule has 3 aromatic rings. The van der Waals surface area contributed by atoms with Gasteiger partial charge >= 0.3 is 0 Å². The van der Waals surface area contributed by atoms with Gasteiger partial charge in [-0.25, -0.2) is 0 Å². The van der Waals surface area contributed by atoms with Gasteiger partial charge in [0.15, 0.2) is 0 Å². The summed E-state index contributed by atoms with van der Waals surface area (Å²) in [5.74, 6) is 0.688. The van der Waals surface area contributed by atoms with Crippen LogP contribution in [0.15, 0.2) is 53.0 Å². The summed E-state index contributed by atoms with van der Waals surface area (Å²) in [6.45, 7) is 2.03. The highest BCUT2D eigenvalue weighted by molar-refractivity contribution is 6.04. The molecule has 27 heavy (non-hydrogen) atoms. The third-order valence-corrected chi connectivity index (χ3v) is 4.70. The summed E-state index contributed by atoms with van der Waals surface area (Å²) < 4.78 is 5.85. The van der Waals surface area contributed by atoms with Crippen molar-refractivity contribution in [3.8, 4) is 0 Å². The highest BCUT2D eigenvalue weighted by Gasteiger charge is 2.15. The van der Waals surface area contributed by atoms with Crippen molar-refractivity contribution in [1.82, 2.24) is 0 Å². The van der Waals surface area contributed by atoms with E-state index in [2.05, 4.69) is 10.6 Å². The third-order valence-electron chi connectivity index (χ3n) is 4.70. The van der Waals surface area contributed by atoms with Gasteiger partial charge in [0.2, 0.25) is 11.8 Å². The van der Waals surface area contributed by atoms with Crippen molar-refractivity contribution in [1.29, 1.82) is 0 Å². The second-order valence-corrected chi connectivity index (χ2v) is 6.53. The Morgan fingerprint density at radius 1 is 1.22 bits per heavy atom. The minimum absolute atomic E-state index is 0.0290. The predicted octanol–water partition coefficient (Wildman–Crippen LogP) is 4.53. The van der Waals surface area contributed by atoms with E-state index in [0.29, 0.717) is 18.5 Å². The smallest absolute Gasteiger partial charge is 0.248 e. The second kappa shape index (κ2) is 7.11. The van der Waals surface area contributed by atoms with Gasteiger partial charge in [0.1, 0.15) is 11.3 Å². The minimum atomic E-state index is -0.206.